The molecule has 0 bridgehead atoms. The second kappa shape index (κ2) is 6.31. The number of ether oxygens (including phenoxy) is 1. The van der Waals surface area contributed by atoms with Crippen LogP contribution in [0.5, 0.6) is 5.75 Å². The summed E-state index contributed by atoms with van der Waals surface area (Å²) in [5.41, 5.74) is 1.57. The monoisotopic (exact) mass is 252 g/mol. The summed E-state index contributed by atoms with van der Waals surface area (Å²) in [4.78, 5) is 10.4. The fraction of sp³-hybridized carbons (Fsp3) is 0.133. The summed E-state index contributed by atoms with van der Waals surface area (Å²) in [6, 6.07) is 17.5. The molecular weight excluding hydrogens is 240 g/mol. The van der Waals surface area contributed by atoms with Crippen LogP contribution < -0.4 is 4.74 Å². The van der Waals surface area contributed by atoms with Gasteiger partial charge < -0.3 is 4.74 Å². The third-order valence-electron chi connectivity index (χ3n) is 2.67. The molecule has 0 radical (unpaired) electrons. The first-order valence-corrected chi connectivity index (χ1v) is 5.82. The quantitative estimate of drug-likeness (QED) is 0.764. The number of nitrogens with zero attached hydrogens (tertiary/aromatic N) is 2. The van der Waals surface area contributed by atoms with Crippen LogP contribution in [0.2, 0.25) is 0 Å². The van der Waals surface area contributed by atoms with Crippen molar-refractivity contribution in [3.63, 3.8) is 0 Å². The summed E-state index contributed by atoms with van der Waals surface area (Å²) in [5, 5.41) is 11.5. The van der Waals surface area contributed by atoms with Gasteiger partial charge in [-0.15, -0.1) is 4.91 Å². The Labute approximate surface area is 111 Å². The van der Waals surface area contributed by atoms with E-state index in [4.69, 9.17) is 10.00 Å². The van der Waals surface area contributed by atoms with E-state index in [-0.39, 0.29) is 0 Å². The highest BCUT2D eigenvalue weighted by Gasteiger charge is 2.09. The Bertz CT molecular complexity index is 573. The molecule has 0 spiro atoms. The van der Waals surface area contributed by atoms with Gasteiger partial charge in [0.05, 0.1) is 6.07 Å². The van der Waals surface area contributed by atoms with E-state index in [0.29, 0.717) is 12.2 Å². The molecule has 4 nitrogen and oxygen atoms in total. The average Bonchev–Trinajstić information content (AvgIpc) is 2.49. The second-order valence-electron chi connectivity index (χ2n) is 3.98. The molecule has 0 fully saturated rings. The van der Waals surface area contributed by atoms with Crippen molar-refractivity contribution in [2.45, 2.75) is 12.6 Å². The van der Waals surface area contributed by atoms with E-state index in [1.165, 1.54) is 0 Å². The first-order chi connectivity index (χ1) is 9.33. The van der Waals surface area contributed by atoms with E-state index >= 15 is 0 Å². The molecule has 4 heteroatoms. The lowest BCUT2D eigenvalue weighted by atomic mass is 10.1. The lowest BCUT2D eigenvalue weighted by Gasteiger charge is -2.07. The highest BCUT2D eigenvalue weighted by Crippen LogP contribution is 2.18. The minimum Gasteiger partial charge on any atom is -0.489 e. The van der Waals surface area contributed by atoms with Crippen molar-refractivity contribution < 1.29 is 4.74 Å². The van der Waals surface area contributed by atoms with E-state index in [1.807, 2.05) is 48.5 Å². The van der Waals surface area contributed by atoms with Gasteiger partial charge in [-0.3, -0.25) is 0 Å². The largest absolute Gasteiger partial charge is 0.489 e. The minimum absolute atomic E-state index is 0.441. The van der Waals surface area contributed by atoms with Crippen LogP contribution in [0.3, 0.4) is 0 Å². The van der Waals surface area contributed by atoms with Crippen LogP contribution in [0, 0.1) is 16.2 Å². The van der Waals surface area contributed by atoms with Gasteiger partial charge in [0.15, 0.2) is 0 Å². The zero-order chi connectivity index (χ0) is 13.5. The van der Waals surface area contributed by atoms with Crippen LogP contribution in [0.25, 0.3) is 0 Å². The van der Waals surface area contributed by atoms with Crippen molar-refractivity contribution in [2.75, 3.05) is 0 Å². The normalized spacial score (nSPS) is 11.3. The van der Waals surface area contributed by atoms with Crippen molar-refractivity contribution in [3.8, 4) is 11.8 Å². The Morgan fingerprint density at radius 2 is 1.79 bits per heavy atom. The molecule has 0 amide bonds. The van der Waals surface area contributed by atoms with Crippen LogP contribution in [0.1, 0.15) is 17.2 Å². The van der Waals surface area contributed by atoms with Crippen molar-refractivity contribution in [2.24, 2.45) is 5.18 Å². The molecule has 2 rings (SSSR count). The molecule has 1 unspecified atom stereocenters. The maximum atomic E-state index is 10.4. The van der Waals surface area contributed by atoms with E-state index in [1.54, 1.807) is 12.1 Å². The van der Waals surface area contributed by atoms with Gasteiger partial charge >= 0.3 is 0 Å². The fourth-order valence-corrected chi connectivity index (χ4v) is 1.64. The van der Waals surface area contributed by atoms with Gasteiger partial charge in [0.25, 0.3) is 0 Å². The summed E-state index contributed by atoms with van der Waals surface area (Å²) in [6.45, 7) is 0.441. The molecule has 0 heterocycles. The van der Waals surface area contributed by atoms with Crippen molar-refractivity contribution in [1.29, 1.82) is 5.26 Å². The second-order valence-corrected chi connectivity index (χ2v) is 3.98. The number of hydrogen-bond donors (Lipinski definition) is 0. The Morgan fingerprint density at radius 1 is 1.11 bits per heavy atom. The zero-order valence-electron chi connectivity index (χ0n) is 10.2. The van der Waals surface area contributed by atoms with Crippen LogP contribution in [-0.2, 0) is 6.61 Å². The molecule has 0 aliphatic rings. The van der Waals surface area contributed by atoms with Crippen LogP contribution in [0.4, 0.5) is 0 Å². The number of nitriles is 1. The third-order valence-corrected chi connectivity index (χ3v) is 2.67. The number of nitroso groups, excluding NO2 is 1. The zero-order valence-corrected chi connectivity index (χ0v) is 10.2. The maximum absolute atomic E-state index is 10.4. The Kier molecular flexibility index (Phi) is 4.25. The maximum Gasteiger partial charge on any atom is 0.203 e. The van der Waals surface area contributed by atoms with E-state index in [0.717, 1.165) is 11.3 Å². The lowest BCUT2D eigenvalue weighted by Crippen LogP contribution is -1.96. The number of para-hydroxylation sites is 1. The van der Waals surface area contributed by atoms with Crippen LogP contribution in [-0.4, -0.2) is 0 Å². The molecule has 0 aromatic heterocycles. The SMILES string of the molecule is N#CC(N=O)c1ccc(COc2ccccc2)cc1. The Morgan fingerprint density at radius 3 is 2.37 bits per heavy atom. The fourth-order valence-electron chi connectivity index (χ4n) is 1.64. The highest BCUT2D eigenvalue weighted by molar-refractivity contribution is 5.29. The van der Waals surface area contributed by atoms with E-state index in [9.17, 15) is 4.91 Å². The summed E-state index contributed by atoms with van der Waals surface area (Å²) >= 11 is 0. The first kappa shape index (κ1) is 12.8. The Hall–Kier alpha value is -2.67. The van der Waals surface area contributed by atoms with Gasteiger partial charge in [0.2, 0.25) is 6.04 Å². The number of hydrogen-bond acceptors (Lipinski definition) is 4. The smallest absolute Gasteiger partial charge is 0.203 e. The lowest BCUT2D eigenvalue weighted by molar-refractivity contribution is 0.306. The standard InChI is InChI=1S/C15H12N2O2/c16-10-15(17-18)13-8-6-12(7-9-13)11-19-14-4-2-1-3-5-14/h1-9,15H,11H2. The molecule has 0 aliphatic heterocycles. The van der Waals surface area contributed by atoms with Gasteiger partial charge in [-0.05, 0) is 28.4 Å². The van der Waals surface area contributed by atoms with Gasteiger partial charge in [-0.1, -0.05) is 42.5 Å². The molecule has 2 aromatic rings. The van der Waals surface area contributed by atoms with Crippen LogP contribution >= 0.6 is 0 Å². The molecule has 19 heavy (non-hydrogen) atoms. The molecule has 0 saturated heterocycles. The Balaban J connectivity index is 2.00. The number of rotatable bonds is 5. The summed E-state index contributed by atoms with van der Waals surface area (Å²) in [5.74, 6) is 0.802. The molecule has 0 N–H and O–H groups in total. The molecule has 94 valence electrons. The summed E-state index contributed by atoms with van der Waals surface area (Å²) in [6.07, 6.45) is 0. The van der Waals surface area contributed by atoms with E-state index in [2.05, 4.69) is 5.18 Å². The third kappa shape index (κ3) is 3.39. The van der Waals surface area contributed by atoms with Crippen molar-refractivity contribution in [3.05, 3.63) is 70.6 Å². The van der Waals surface area contributed by atoms with Gasteiger partial charge in [0, 0.05) is 0 Å². The highest BCUT2D eigenvalue weighted by atomic mass is 16.5. The van der Waals surface area contributed by atoms with Crippen molar-refractivity contribution in [1.82, 2.24) is 0 Å². The predicted molar refractivity (Wildman–Crippen MR) is 71.4 cm³/mol. The predicted octanol–water partition coefficient (Wildman–Crippen LogP) is 3.60. The molecule has 0 aliphatic carbocycles. The van der Waals surface area contributed by atoms with Gasteiger partial charge in [0.1, 0.15) is 12.4 Å². The van der Waals surface area contributed by atoms with Gasteiger partial charge in [-0.25, -0.2) is 0 Å². The summed E-state index contributed by atoms with van der Waals surface area (Å²) in [7, 11) is 0. The number of benzene rings is 2. The van der Waals surface area contributed by atoms with E-state index < -0.39 is 6.04 Å². The minimum atomic E-state index is -0.941. The topological polar surface area (TPSA) is 62.5 Å². The van der Waals surface area contributed by atoms with Crippen molar-refractivity contribution >= 4 is 0 Å². The molecule has 1 atom stereocenters. The molecule has 2 aromatic carbocycles. The van der Waals surface area contributed by atoms with Gasteiger partial charge in [-0.2, -0.15) is 5.26 Å². The average molecular weight is 252 g/mol. The van der Waals surface area contributed by atoms with Crippen LogP contribution in [0.15, 0.2) is 59.8 Å². The summed E-state index contributed by atoms with van der Waals surface area (Å²) < 4.78 is 5.59. The molecule has 0 saturated carbocycles. The molecular formula is C15H12N2O2. The first-order valence-electron chi connectivity index (χ1n) is 5.82.